The van der Waals surface area contributed by atoms with E-state index in [-0.39, 0.29) is 5.54 Å². The highest BCUT2D eigenvalue weighted by Crippen LogP contribution is 2.72. The predicted molar refractivity (Wildman–Crippen MR) is 80.2 cm³/mol. The molecule has 20 heavy (non-hydrogen) atoms. The smallest absolute Gasteiger partial charge is 0.106 e. The molecule has 0 bridgehead atoms. The fraction of sp³-hybridized carbons (Fsp3) is 1.00. The van der Waals surface area contributed by atoms with Gasteiger partial charge in [0.2, 0.25) is 0 Å². The summed E-state index contributed by atoms with van der Waals surface area (Å²) in [5.41, 5.74) is -0.930. The molecule has 3 nitrogen and oxygen atoms in total. The van der Waals surface area contributed by atoms with E-state index in [0.717, 1.165) is 19.3 Å². The molecule has 0 heterocycles. The van der Waals surface area contributed by atoms with Gasteiger partial charge in [0, 0.05) is 0 Å². The molecular weight excluding hydrogens is 250 g/mol. The fourth-order valence-electron chi connectivity index (χ4n) is 5.49. The first-order valence-corrected chi connectivity index (χ1v) is 8.47. The summed E-state index contributed by atoms with van der Waals surface area (Å²) in [6.07, 6.45) is 5.43. The highest BCUT2D eigenvalue weighted by atomic mass is 16.3. The molecule has 0 aromatic rings. The lowest BCUT2D eigenvalue weighted by atomic mass is 9.78. The van der Waals surface area contributed by atoms with Gasteiger partial charge in [0.15, 0.2) is 0 Å². The van der Waals surface area contributed by atoms with Gasteiger partial charge >= 0.3 is 0 Å². The Kier molecular flexibility index (Phi) is 3.28. The third-order valence-electron chi connectivity index (χ3n) is 6.93. The summed E-state index contributed by atoms with van der Waals surface area (Å²) >= 11 is 0. The van der Waals surface area contributed by atoms with E-state index in [9.17, 15) is 10.0 Å². The van der Waals surface area contributed by atoms with Gasteiger partial charge in [-0.3, -0.25) is 0 Å². The first-order valence-electron chi connectivity index (χ1n) is 8.47. The zero-order valence-corrected chi connectivity index (χ0v) is 13.3. The molecular formula is C17H29NO2. The molecule has 3 heteroatoms. The van der Waals surface area contributed by atoms with Crippen molar-refractivity contribution in [3.8, 4) is 0 Å². The Hall–Kier alpha value is -0.440. The van der Waals surface area contributed by atoms with Crippen molar-refractivity contribution in [3.63, 3.8) is 0 Å². The maximum Gasteiger partial charge on any atom is 0.106 e. The molecule has 0 saturated heterocycles. The molecule has 0 aromatic carbocycles. The molecule has 1 N–H and O–H groups in total. The van der Waals surface area contributed by atoms with Crippen molar-refractivity contribution in [2.45, 2.75) is 70.9 Å². The van der Waals surface area contributed by atoms with Crippen LogP contribution in [0.25, 0.3) is 0 Å². The van der Waals surface area contributed by atoms with E-state index >= 15 is 0 Å². The quantitative estimate of drug-likeness (QED) is 0.774. The number of nitroso groups, excluding NO2 is 1. The Morgan fingerprint density at radius 3 is 2.60 bits per heavy atom. The molecule has 0 spiro atoms. The second-order valence-corrected chi connectivity index (χ2v) is 8.03. The minimum Gasteiger partial charge on any atom is -0.390 e. The number of hydrogen-bond acceptors (Lipinski definition) is 3. The van der Waals surface area contributed by atoms with E-state index in [4.69, 9.17) is 0 Å². The average Bonchev–Trinajstić information content (AvgIpc) is 3.29. The van der Waals surface area contributed by atoms with Crippen LogP contribution in [0.15, 0.2) is 5.18 Å². The zero-order valence-electron chi connectivity index (χ0n) is 13.3. The summed E-state index contributed by atoms with van der Waals surface area (Å²) in [4.78, 5) is 11.6. The van der Waals surface area contributed by atoms with E-state index in [1.165, 1.54) is 12.8 Å². The largest absolute Gasteiger partial charge is 0.390 e. The number of rotatable bonds is 5. The third kappa shape index (κ3) is 1.88. The van der Waals surface area contributed by atoms with Crippen LogP contribution in [0.4, 0.5) is 0 Å². The normalized spacial score (nSPS) is 52.2. The molecule has 3 rings (SSSR count). The summed E-state index contributed by atoms with van der Waals surface area (Å²) in [6.45, 7) is 8.40. The van der Waals surface area contributed by atoms with Crippen molar-refractivity contribution < 1.29 is 5.11 Å². The first kappa shape index (κ1) is 14.5. The van der Waals surface area contributed by atoms with Crippen LogP contribution in [0.3, 0.4) is 0 Å². The lowest BCUT2D eigenvalue weighted by Gasteiger charge is -2.33. The first-order chi connectivity index (χ1) is 9.40. The second kappa shape index (κ2) is 4.53. The van der Waals surface area contributed by atoms with Gasteiger partial charge < -0.3 is 5.11 Å². The lowest BCUT2D eigenvalue weighted by molar-refractivity contribution is -0.0232. The highest BCUT2D eigenvalue weighted by molar-refractivity contribution is 5.22. The molecule has 0 amide bonds. The van der Waals surface area contributed by atoms with Crippen LogP contribution in [0.2, 0.25) is 0 Å². The standard InChI is InChI=1S/C17H29NO2/c1-5-7-11-14-13(16(3,19)6-2)9-10-8-12(10)17(4,18-20)15(11)14/h10-15,19H,5-9H2,1-4H3/t10?,11?,12?,13?,14-,15?,16-,17?/m0/s1. The third-order valence-corrected chi connectivity index (χ3v) is 6.93. The molecule has 0 aliphatic heterocycles. The Morgan fingerprint density at radius 1 is 1.35 bits per heavy atom. The average molecular weight is 279 g/mol. The van der Waals surface area contributed by atoms with Crippen molar-refractivity contribution in [2.24, 2.45) is 40.7 Å². The predicted octanol–water partition coefficient (Wildman–Crippen LogP) is 3.99. The monoisotopic (exact) mass is 279 g/mol. The highest BCUT2D eigenvalue weighted by Gasteiger charge is 2.72. The number of hydrogen-bond donors (Lipinski definition) is 1. The Labute approximate surface area is 122 Å². The Morgan fingerprint density at radius 2 is 2.05 bits per heavy atom. The van der Waals surface area contributed by atoms with Gasteiger partial charge in [-0.05, 0) is 68.6 Å². The molecule has 3 saturated carbocycles. The van der Waals surface area contributed by atoms with Gasteiger partial charge in [0.1, 0.15) is 5.54 Å². The molecule has 3 aliphatic carbocycles. The maximum absolute atomic E-state index is 11.6. The van der Waals surface area contributed by atoms with Gasteiger partial charge in [-0.1, -0.05) is 31.9 Å². The summed E-state index contributed by atoms with van der Waals surface area (Å²) in [5.74, 6) is 3.07. The molecule has 0 aromatic heterocycles. The lowest BCUT2D eigenvalue weighted by Crippen LogP contribution is -2.36. The Balaban J connectivity index is 1.91. The topological polar surface area (TPSA) is 49.7 Å². The van der Waals surface area contributed by atoms with Crippen LogP contribution in [-0.4, -0.2) is 16.2 Å². The van der Waals surface area contributed by atoms with Gasteiger partial charge in [-0.15, -0.1) is 0 Å². The molecule has 3 aliphatic rings. The van der Waals surface area contributed by atoms with E-state index < -0.39 is 5.60 Å². The summed E-state index contributed by atoms with van der Waals surface area (Å²) in [6, 6.07) is 0. The van der Waals surface area contributed by atoms with Gasteiger partial charge in [0.05, 0.1) is 5.60 Å². The van der Waals surface area contributed by atoms with E-state index in [1.807, 2.05) is 6.92 Å². The Bertz CT molecular complexity index is 408. The van der Waals surface area contributed by atoms with Crippen LogP contribution in [0.1, 0.15) is 59.8 Å². The van der Waals surface area contributed by atoms with Crippen molar-refractivity contribution >= 4 is 0 Å². The van der Waals surface area contributed by atoms with Gasteiger partial charge in [-0.2, -0.15) is 4.91 Å². The van der Waals surface area contributed by atoms with Crippen LogP contribution < -0.4 is 0 Å². The number of aliphatic hydroxyl groups is 1. The number of fused-ring (bicyclic) bond motifs is 2. The van der Waals surface area contributed by atoms with Crippen molar-refractivity contribution in [2.75, 3.05) is 0 Å². The minimum atomic E-state index is -0.577. The van der Waals surface area contributed by atoms with Crippen molar-refractivity contribution in [1.29, 1.82) is 0 Å². The number of nitrogens with zero attached hydrogens (tertiary/aromatic N) is 1. The molecule has 114 valence electrons. The zero-order chi connectivity index (χ0) is 14.7. The second-order valence-electron chi connectivity index (χ2n) is 8.03. The van der Waals surface area contributed by atoms with Crippen LogP contribution >= 0.6 is 0 Å². The van der Waals surface area contributed by atoms with Gasteiger partial charge in [0.25, 0.3) is 0 Å². The van der Waals surface area contributed by atoms with E-state index in [1.54, 1.807) is 0 Å². The SMILES string of the molecule is CCCC1C2[C@@H]1C([C@@](C)(O)CC)CC1CC1C2(C)N=O. The van der Waals surface area contributed by atoms with Gasteiger partial charge in [-0.25, -0.2) is 0 Å². The molecule has 8 atom stereocenters. The van der Waals surface area contributed by atoms with Crippen molar-refractivity contribution in [1.82, 2.24) is 0 Å². The minimum absolute atomic E-state index is 0.353. The molecule has 6 unspecified atom stereocenters. The maximum atomic E-state index is 11.6. The van der Waals surface area contributed by atoms with E-state index in [2.05, 4.69) is 25.9 Å². The van der Waals surface area contributed by atoms with Crippen LogP contribution in [0.5, 0.6) is 0 Å². The van der Waals surface area contributed by atoms with E-state index in [0.29, 0.717) is 35.5 Å². The fourth-order valence-corrected chi connectivity index (χ4v) is 5.49. The van der Waals surface area contributed by atoms with Crippen molar-refractivity contribution in [3.05, 3.63) is 4.91 Å². The molecule has 0 radical (unpaired) electrons. The van der Waals surface area contributed by atoms with Crippen LogP contribution in [0, 0.1) is 40.4 Å². The molecule has 3 fully saturated rings. The summed E-state index contributed by atoms with van der Waals surface area (Å²) in [5, 5.41) is 14.5. The summed E-state index contributed by atoms with van der Waals surface area (Å²) < 4.78 is 0. The van der Waals surface area contributed by atoms with Crippen LogP contribution in [-0.2, 0) is 0 Å². The summed E-state index contributed by atoms with van der Waals surface area (Å²) in [7, 11) is 0.